The molecule has 0 radical (unpaired) electrons. The topological polar surface area (TPSA) is 29.5 Å². The Balaban J connectivity index is 2.20. The average Bonchev–Trinajstić information content (AvgIpc) is 2.70. The maximum Gasteiger partial charge on any atom is 0.410 e. The highest BCUT2D eigenvalue weighted by Gasteiger charge is 2.36. The third-order valence-corrected chi connectivity index (χ3v) is 3.24. The van der Waals surface area contributed by atoms with Crippen LogP contribution < -0.4 is 0 Å². The van der Waals surface area contributed by atoms with Crippen molar-refractivity contribution in [2.24, 2.45) is 0 Å². The highest BCUT2D eigenvalue weighted by Crippen LogP contribution is 2.27. The van der Waals surface area contributed by atoms with Crippen molar-refractivity contribution in [1.29, 1.82) is 0 Å². The van der Waals surface area contributed by atoms with Crippen LogP contribution in [-0.4, -0.2) is 29.5 Å². The second kappa shape index (κ2) is 4.74. The van der Waals surface area contributed by atoms with Crippen LogP contribution in [0.4, 0.5) is 4.79 Å². The van der Waals surface area contributed by atoms with Gasteiger partial charge >= 0.3 is 6.09 Å². The quantitative estimate of drug-likeness (QED) is 0.760. The smallest absolute Gasteiger partial charge is 0.410 e. The van der Waals surface area contributed by atoms with Crippen LogP contribution in [0.5, 0.6) is 0 Å². The molecule has 86 valence electrons. The van der Waals surface area contributed by atoms with Crippen LogP contribution in [0.1, 0.15) is 18.5 Å². The number of hydrogen-bond acceptors (Lipinski definition) is 2. The van der Waals surface area contributed by atoms with E-state index in [9.17, 15) is 4.79 Å². The Bertz CT molecular complexity index is 369. The first-order valence-corrected chi connectivity index (χ1v) is 5.83. The first-order chi connectivity index (χ1) is 7.74. The fourth-order valence-electron chi connectivity index (χ4n) is 1.96. The highest BCUT2D eigenvalue weighted by molar-refractivity contribution is 6.18. The maximum absolute atomic E-state index is 11.6. The number of alkyl halides is 1. The molecule has 16 heavy (non-hydrogen) atoms. The molecular formula is C12H14ClNO2. The number of hydrogen-bond donors (Lipinski definition) is 0. The van der Waals surface area contributed by atoms with Gasteiger partial charge in [-0.2, -0.15) is 0 Å². The minimum Gasteiger partial charge on any atom is -0.447 e. The zero-order valence-corrected chi connectivity index (χ0v) is 9.85. The van der Waals surface area contributed by atoms with Gasteiger partial charge in [0.05, 0.1) is 12.1 Å². The molecule has 0 aromatic heterocycles. The molecule has 1 aromatic carbocycles. The summed E-state index contributed by atoms with van der Waals surface area (Å²) in [5.74, 6) is 0.406. The molecule has 2 atom stereocenters. The number of rotatable bonds is 3. The van der Waals surface area contributed by atoms with Gasteiger partial charge in [0.1, 0.15) is 6.61 Å². The van der Waals surface area contributed by atoms with Gasteiger partial charge in [-0.25, -0.2) is 4.79 Å². The summed E-state index contributed by atoms with van der Waals surface area (Å²) in [7, 11) is 0. The van der Waals surface area contributed by atoms with Gasteiger partial charge in [-0.3, -0.25) is 4.90 Å². The number of halogens is 1. The number of ether oxygens (including phenoxy) is 1. The Labute approximate surface area is 100.0 Å². The summed E-state index contributed by atoms with van der Waals surface area (Å²) in [6, 6.07) is 9.86. The molecule has 0 spiro atoms. The monoisotopic (exact) mass is 239 g/mol. The first kappa shape index (κ1) is 11.3. The van der Waals surface area contributed by atoms with Gasteiger partial charge in [-0.15, -0.1) is 11.6 Å². The summed E-state index contributed by atoms with van der Waals surface area (Å²) in [5.41, 5.74) is 1.09. The summed E-state index contributed by atoms with van der Waals surface area (Å²) >= 11 is 5.83. The molecule has 3 nitrogen and oxygen atoms in total. The number of carbonyl (C=O) groups is 1. The van der Waals surface area contributed by atoms with Gasteiger partial charge < -0.3 is 4.74 Å². The zero-order valence-electron chi connectivity index (χ0n) is 9.10. The molecular weight excluding hydrogens is 226 g/mol. The van der Waals surface area contributed by atoms with Crippen molar-refractivity contribution in [2.45, 2.75) is 19.0 Å². The van der Waals surface area contributed by atoms with E-state index in [0.717, 1.165) is 5.56 Å². The lowest BCUT2D eigenvalue weighted by molar-refractivity contribution is 0.148. The summed E-state index contributed by atoms with van der Waals surface area (Å²) < 4.78 is 5.01. The van der Waals surface area contributed by atoms with Crippen molar-refractivity contribution in [2.75, 3.05) is 12.5 Å². The van der Waals surface area contributed by atoms with Crippen LogP contribution in [0.3, 0.4) is 0 Å². The molecule has 1 heterocycles. The Hall–Kier alpha value is -1.22. The van der Waals surface area contributed by atoms with Crippen LogP contribution in [0, 0.1) is 0 Å². The number of carbonyl (C=O) groups excluding carboxylic acids is 1. The van der Waals surface area contributed by atoms with Crippen LogP contribution >= 0.6 is 11.6 Å². The molecule has 0 saturated carbocycles. The molecule has 0 aliphatic carbocycles. The second-order valence-electron chi connectivity index (χ2n) is 3.88. The molecule has 0 unspecified atom stereocenters. The maximum atomic E-state index is 11.6. The van der Waals surface area contributed by atoms with Crippen molar-refractivity contribution >= 4 is 17.7 Å². The number of benzene rings is 1. The van der Waals surface area contributed by atoms with E-state index in [4.69, 9.17) is 16.3 Å². The van der Waals surface area contributed by atoms with Crippen molar-refractivity contribution in [1.82, 2.24) is 4.90 Å². The standard InChI is InChI=1S/C12H14ClNO2/c1-9(10-5-3-2-4-6-10)14-11(7-13)8-16-12(14)15/h2-6,9,11H,7-8H2,1H3/t9-,11-/m1/s1. The zero-order chi connectivity index (χ0) is 11.5. The lowest BCUT2D eigenvalue weighted by atomic mass is 10.1. The van der Waals surface area contributed by atoms with Crippen LogP contribution in [0.2, 0.25) is 0 Å². The SMILES string of the molecule is C[C@H](c1ccccc1)N1C(=O)OC[C@H]1CCl. The van der Waals surface area contributed by atoms with E-state index >= 15 is 0 Å². The van der Waals surface area contributed by atoms with Gasteiger partial charge in [0, 0.05) is 5.88 Å². The summed E-state index contributed by atoms with van der Waals surface area (Å²) in [5, 5.41) is 0. The summed E-state index contributed by atoms with van der Waals surface area (Å²) in [6.07, 6.45) is -0.276. The van der Waals surface area contributed by atoms with E-state index in [-0.39, 0.29) is 18.2 Å². The fraction of sp³-hybridized carbons (Fsp3) is 0.417. The van der Waals surface area contributed by atoms with Gasteiger partial charge in [0.25, 0.3) is 0 Å². The number of nitrogens with zero attached hydrogens (tertiary/aromatic N) is 1. The van der Waals surface area contributed by atoms with Gasteiger partial charge in [0.2, 0.25) is 0 Å². The molecule has 0 bridgehead atoms. The normalized spacial score (nSPS) is 22.0. The molecule has 0 N–H and O–H groups in total. The van der Waals surface area contributed by atoms with E-state index in [1.807, 2.05) is 37.3 Å². The lowest BCUT2D eigenvalue weighted by Gasteiger charge is -2.27. The van der Waals surface area contributed by atoms with Crippen molar-refractivity contribution < 1.29 is 9.53 Å². The van der Waals surface area contributed by atoms with Gasteiger partial charge in [-0.05, 0) is 12.5 Å². The van der Waals surface area contributed by atoms with Crippen molar-refractivity contribution in [3.63, 3.8) is 0 Å². The molecule has 1 aliphatic rings. The Kier molecular flexibility index (Phi) is 3.34. The molecule has 1 fully saturated rings. The summed E-state index contributed by atoms with van der Waals surface area (Å²) in [6.45, 7) is 2.38. The average molecular weight is 240 g/mol. The van der Waals surface area contributed by atoms with Crippen LogP contribution in [0.15, 0.2) is 30.3 Å². The molecule has 2 rings (SSSR count). The Morgan fingerprint density at radius 3 is 2.81 bits per heavy atom. The molecule has 4 heteroatoms. The number of amides is 1. The van der Waals surface area contributed by atoms with E-state index in [0.29, 0.717) is 12.5 Å². The first-order valence-electron chi connectivity index (χ1n) is 5.30. The predicted octanol–water partition coefficient (Wildman–Crippen LogP) is 2.81. The Morgan fingerprint density at radius 1 is 1.50 bits per heavy atom. The largest absolute Gasteiger partial charge is 0.447 e. The third-order valence-electron chi connectivity index (χ3n) is 2.88. The molecule has 1 aliphatic heterocycles. The predicted molar refractivity (Wildman–Crippen MR) is 62.6 cm³/mol. The minimum atomic E-state index is -0.276. The minimum absolute atomic E-state index is 0.0000463. The highest BCUT2D eigenvalue weighted by atomic mass is 35.5. The van der Waals surface area contributed by atoms with Crippen molar-refractivity contribution in [3.8, 4) is 0 Å². The van der Waals surface area contributed by atoms with E-state index in [1.165, 1.54) is 0 Å². The Morgan fingerprint density at radius 2 is 2.19 bits per heavy atom. The van der Waals surface area contributed by atoms with Crippen molar-refractivity contribution in [3.05, 3.63) is 35.9 Å². The molecule has 1 aromatic rings. The van der Waals surface area contributed by atoms with Gasteiger partial charge in [0.15, 0.2) is 0 Å². The number of cyclic esters (lactones) is 1. The van der Waals surface area contributed by atoms with E-state index in [2.05, 4.69) is 0 Å². The fourth-order valence-corrected chi connectivity index (χ4v) is 2.19. The summed E-state index contributed by atoms with van der Waals surface area (Å²) in [4.78, 5) is 13.3. The van der Waals surface area contributed by atoms with Crippen LogP contribution in [-0.2, 0) is 4.74 Å². The van der Waals surface area contributed by atoms with E-state index in [1.54, 1.807) is 4.90 Å². The van der Waals surface area contributed by atoms with E-state index < -0.39 is 0 Å². The molecule has 1 amide bonds. The lowest BCUT2D eigenvalue weighted by Crippen LogP contribution is -2.36. The van der Waals surface area contributed by atoms with Crippen LogP contribution in [0.25, 0.3) is 0 Å². The molecule has 1 saturated heterocycles. The second-order valence-corrected chi connectivity index (χ2v) is 4.19. The van der Waals surface area contributed by atoms with Gasteiger partial charge in [-0.1, -0.05) is 30.3 Å². The third kappa shape index (κ3) is 2.00.